The number of nitrogens with one attached hydrogen (secondary N) is 2. The summed E-state index contributed by atoms with van der Waals surface area (Å²) < 4.78 is 5.05. The van der Waals surface area contributed by atoms with E-state index in [1.807, 2.05) is 24.3 Å². The molecule has 0 bridgehead atoms. The zero-order valence-electron chi connectivity index (χ0n) is 10.6. The number of hydrogen-bond acceptors (Lipinski definition) is 3. The monoisotopic (exact) mass is 268 g/mol. The number of carbonyl (C=O) groups excluding carboxylic acids is 2. The predicted molar refractivity (Wildman–Crippen MR) is 73.7 cm³/mol. The minimum absolute atomic E-state index is 0.261. The number of esters is 1. The summed E-state index contributed by atoms with van der Waals surface area (Å²) in [5.74, 6) is -0.773. The standard InChI is InChI=1S/C15H12N2O3/c18-14(13-6-3-7-16-13)9-20-15(19)11-8-17-12-5-2-1-4-10(11)12/h1-8,16-17H,9H2. The first kappa shape index (κ1) is 12.2. The lowest BCUT2D eigenvalue weighted by molar-refractivity contribution is 0.0475. The molecule has 3 rings (SSSR count). The number of benzene rings is 1. The van der Waals surface area contributed by atoms with Crippen LogP contribution in [0.3, 0.4) is 0 Å². The van der Waals surface area contributed by atoms with Gasteiger partial charge in [0, 0.05) is 23.3 Å². The molecule has 0 aliphatic rings. The number of aromatic nitrogens is 2. The van der Waals surface area contributed by atoms with Crippen LogP contribution in [0.25, 0.3) is 10.9 Å². The second-order valence-corrected chi connectivity index (χ2v) is 4.33. The Bertz CT molecular complexity index is 756. The summed E-state index contributed by atoms with van der Waals surface area (Å²) in [4.78, 5) is 29.5. The van der Waals surface area contributed by atoms with E-state index in [0.717, 1.165) is 10.9 Å². The summed E-state index contributed by atoms with van der Waals surface area (Å²) >= 11 is 0. The molecule has 100 valence electrons. The lowest BCUT2D eigenvalue weighted by atomic mass is 10.2. The third kappa shape index (κ3) is 2.21. The second-order valence-electron chi connectivity index (χ2n) is 4.33. The average molecular weight is 268 g/mol. The number of Topliss-reactive ketones (excluding diaryl/α,β-unsaturated/α-hetero) is 1. The van der Waals surface area contributed by atoms with Crippen LogP contribution in [0.5, 0.6) is 0 Å². The topological polar surface area (TPSA) is 75.0 Å². The van der Waals surface area contributed by atoms with Crippen LogP contribution in [-0.2, 0) is 4.74 Å². The Kier molecular flexibility index (Phi) is 3.09. The summed E-state index contributed by atoms with van der Waals surface area (Å²) in [5, 5.41) is 0.782. The lowest BCUT2D eigenvalue weighted by Crippen LogP contribution is -2.14. The van der Waals surface area contributed by atoms with Gasteiger partial charge in [0.15, 0.2) is 6.61 Å². The van der Waals surface area contributed by atoms with Crippen LogP contribution in [-0.4, -0.2) is 28.3 Å². The first-order valence-electron chi connectivity index (χ1n) is 6.15. The van der Waals surface area contributed by atoms with Crippen LogP contribution in [0, 0.1) is 0 Å². The van der Waals surface area contributed by atoms with Crippen molar-refractivity contribution in [1.82, 2.24) is 9.97 Å². The smallest absolute Gasteiger partial charge is 0.340 e. The molecule has 2 aromatic heterocycles. The predicted octanol–water partition coefficient (Wildman–Crippen LogP) is 2.54. The highest BCUT2D eigenvalue weighted by molar-refractivity contribution is 6.05. The molecule has 20 heavy (non-hydrogen) atoms. The molecular formula is C15H12N2O3. The quantitative estimate of drug-likeness (QED) is 0.564. The summed E-state index contributed by atoms with van der Waals surface area (Å²) in [6.45, 7) is -0.279. The van der Waals surface area contributed by atoms with Crippen molar-refractivity contribution in [2.75, 3.05) is 6.61 Å². The lowest BCUT2D eigenvalue weighted by Gasteiger charge is -2.02. The molecule has 3 aromatic rings. The summed E-state index contributed by atoms with van der Waals surface area (Å²) in [6, 6.07) is 10.8. The van der Waals surface area contributed by atoms with Gasteiger partial charge in [-0.3, -0.25) is 4.79 Å². The van der Waals surface area contributed by atoms with E-state index in [1.165, 1.54) is 0 Å². The molecule has 0 radical (unpaired) electrons. The molecule has 0 amide bonds. The van der Waals surface area contributed by atoms with E-state index in [0.29, 0.717) is 11.3 Å². The van der Waals surface area contributed by atoms with Crippen molar-refractivity contribution in [1.29, 1.82) is 0 Å². The molecule has 0 atom stereocenters. The molecule has 2 N–H and O–H groups in total. The van der Waals surface area contributed by atoms with Gasteiger partial charge >= 0.3 is 5.97 Å². The van der Waals surface area contributed by atoms with Crippen LogP contribution < -0.4 is 0 Å². The summed E-state index contributed by atoms with van der Waals surface area (Å²) in [6.07, 6.45) is 3.24. The summed E-state index contributed by atoms with van der Waals surface area (Å²) in [5.41, 5.74) is 1.71. The van der Waals surface area contributed by atoms with Crippen molar-refractivity contribution in [3.8, 4) is 0 Å². The van der Waals surface area contributed by atoms with Gasteiger partial charge in [-0.05, 0) is 18.2 Å². The zero-order chi connectivity index (χ0) is 13.9. The SMILES string of the molecule is O=C(COC(=O)c1c[nH]c2ccccc12)c1ccc[nH]1. The zero-order valence-corrected chi connectivity index (χ0v) is 10.6. The van der Waals surface area contributed by atoms with Gasteiger partial charge in [0.2, 0.25) is 5.78 Å². The Labute approximate surface area is 114 Å². The number of rotatable bonds is 4. The van der Waals surface area contributed by atoms with E-state index in [9.17, 15) is 9.59 Å². The first-order valence-corrected chi connectivity index (χ1v) is 6.15. The molecular weight excluding hydrogens is 256 g/mol. The van der Waals surface area contributed by atoms with E-state index < -0.39 is 5.97 Å². The fourth-order valence-electron chi connectivity index (χ4n) is 2.03. The van der Waals surface area contributed by atoms with E-state index in [2.05, 4.69) is 9.97 Å². The maximum Gasteiger partial charge on any atom is 0.340 e. The highest BCUT2D eigenvalue weighted by Gasteiger charge is 2.15. The van der Waals surface area contributed by atoms with E-state index in [4.69, 9.17) is 4.74 Å². The molecule has 0 unspecified atom stereocenters. The van der Waals surface area contributed by atoms with Crippen LogP contribution in [0.2, 0.25) is 0 Å². The molecule has 0 spiro atoms. The molecule has 2 heterocycles. The first-order chi connectivity index (χ1) is 9.75. The maximum absolute atomic E-state index is 12.0. The van der Waals surface area contributed by atoms with Crippen LogP contribution in [0.4, 0.5) is 0 Å². The molecule has 0 fully saturated rings. The van der Waals surface area contributed by atoms with Crippen molar-refractivity contribution >= 4 is 22.7 Å². The fraction of sp³-hybridized carbons (Fsp3) is 0.0667. The molecule has 1 aromatic carbocycles. The molecule has 5 nitrogen and oxygen atoms in total. The number of ketones is 1. The molecule has 0 aliphatic carbocycles. The number of fused-ring (bicyclic) bond motifs is 1. The molecule has 5 heteroatoms. The van der Waals surface area contributed by atoms with Gasteiger partial charge in [-0.15, -0.1) is 0 Å². The maximum atomic E-state index is 12.0. The Hall–Kier alpha value is -2.82. The van der Waals surface area contributed by atoms with Gasteiger partial charge in [0.25, 0.3) is 0 Å². The van der Waals surface area contributed by atoms with E-state index >= 15 is 0 Å². The fourth-order valence-corrected chi connectivity index (χ4v) is 2.03. The van der Waals surface area contributed by atoms with Crippen molar-refractivity contribution in [2.24, 2.45) is 0 Å². The third-order valence-electron chi connectivity index (χ3n) is 3.04. The largest absolute Gasteiger partial charge is 0.454 e. The van der Waals surface area contributed by atoms with Gasteiger partial charge in [0.1, 0.15) is 0 Å². The van der Waals surface area contributed by atoms with Crippen molar-refractivity contribution < 1.29 is 14.3 Å². The molecule has 0 aliphatic heterocycles. The Balaban J connectivity index is 1.72. The normalized spacial score (nSPS) is 10.6. The van der Waals surface area contributed by atoms with Crippen molar-refractivity contribution in [2.45, 2.75) is 0 Å². The van der Waals surface area contributed by atoms with Gasteiger partial charge < -0.3 is 14.7 Å². The average Bonchev–Trinajstić information content (AvgIpc) is 3.13. The minimum Gasteiger partial charge on any atom is -0.454 e. The third-order valence-corrected chi connectivity index (χ3v) is 3.04. The second kappa shape index (κ2) is 5.05. The number of hydrogen-bond donors (Lipinski definition) is 2. The van der Waals surface area contributed by atoms with Crippen molar-refractivity contribution in [3.63, 3.8) is 0 Å². The van der Waals surface area contributed by atoms with Crippen molar-refractivity contribution in [3.05, 3.63) is 60.0 Å². The van der Waals surface area contributed by atoms with Gasteiger partial charge in [-0.1, -0.05) is 18.2 Å². The number of aromatic amines is 2. The molecule has 0 saturated carbocycles. The number of para-hydroxylation sites is 1. The van der Waals surface area contributed by atoms with Gasteiger partial charge in [0.05, 0.1) is 11.3 Å². The molecule has 0 saturated heterocycles. The Morgan fingerprint density at radius 1 is 1.05 bits per heavy atom. The van der Waals surface area contributed by atoms with E-state index in [-0.39, 0.29) is 12.4 Å². The Morgan fingerprint density at radius 2 is 1.90 bits per heavy atom. The minimum atomic E-state index is -0.512. The Morgan fingerprint density at radius 3 is 2.70 bits per heavy atom. The highest BCUT2D eigenvalue weighted by atomic mass is 16.5. The van der Waals surface area contributed by atoms with Crippen LogP contribution in [0.15, 0.2) is 48.8 Å². The van der Waals surface area contributed by atoms with E-state index in [1.54, 1.807) is 24.5 Å². The number of ether oxygens (including phenoxy) is 1. The van der Waals surface area contributed by atoms with Crippen LogP contribution >= 0.6 is 0 Å². The summed E-state index contributed by atoms with van der Waals surface area (Å²) in [7, 11) is 0. The van der Waals surface area contributed by atoms with Gasteiger partial charge in [-0.25, -0.2) is 4.79 Å². The number of carbonyl (C=O) groups is 2. The highest BCUT2D eigenvalue weighted by Crippen LogP contribution is 2.18. The van der Waals surface area contributed by atoms with Crippen LogP contribution in [0.1, 0.15) is 20.8 Å². The number of H-pyrrole nitrogens is 2. The van der Waals surface area contributed by atoms with Gasteiger partial charge in [-0.2, -0.15) is 0 Å².